The molecule has 9 rings (SSSR count). The summed E-state index contributed by atoms with van der Waals surface area (Å²) in [5.41, 5.74) is 6.70. The van der Waals surface area contributed by atoms with Crippen molar-refractivity contribution in [3.63, 3.8) is 0 Å². The number of carbonyl (C=O) groups is 1. The van der Waals surface area contributed by atoms with Crippen LogP contribution < -0.4 is 10.1 Å². The van der Waals surface area contributed by atoms with Gasteiger partial charge in [0.05, 0.1) is 46.4 Å². The van der Waals surface area contributed by atoms with E-state index in [1.165, 1.54) is 11.1 Å². The largest absolute Gasteiger partial charge is 0.496 e. The molecule has 246 valence electrons. The summed E-state index contributed by atoms with van der Waals surface area (Å²) in [5, 5.41) is 13.6. The number of thiophene rings is 1. The van der Waals surface area contributed by atoms with Gasteiger partial charge in [-0.05, 0) is 92.0 Å². The highest BCUT2D eigenvalue weighted by atomic mass is 32.1. The number of carbonyl (C=O) groups excluding carboxylic acids is 1. The fraction of sp³-hybridized carbons (Fsp3) is 0.432. The first-order valence-electron chi connectivity index (χ1n) is 17.1. The average molecular weight is 663 g/mol. The fourth-order valence-corrected chi connectivity index (χ4v) is 9.46. The molecule has 2 fully saturated rings. The number of ether oxygens (including phenoxy) is 2. The molecular formula is C37H38N6O4S. The smallest absolute Gasteiger partial charge is 0.257 e. The Hall–Kier alpha value is -4.35. The quantitative estimate of drug-likeness (QED) is 0.181. The standard InChI is InChI=1S/C37H38N6O4S/c1-20-41-42-36(47-20)30-26(10-8-21-13-17-46-18-14-21)39-33-27-6-4-16-43(27)37(44)32(33)31(30)29-19-22-12-15-38-35(34(22)48-29)40-25-11-9-24-23(25)5-3-7-28(24)45-2/h3,5,7,12,15,19,21,25,27H,4,6,8-11,13-14,16-18H2,1-2H3,(H,38,40)/t25?,27-/m0/s1. The normalized spacial score (nSPS) is 20.4. The zero-order valence-corrected chi connectivity index (χ0v) is 28.1. The summed E-state index contributed by atoms with van der Waals surface area (Å²) in [4.78, 5) is 27.4. The molecule has 1 amide bonds. The third-order valence-electron chi connectivity index (χ3n) is 10.7. The van der Waals surface area contributed by atoms with E-state index in [4.69, 9.17) is 23.9 Å². The summed E-state index contributed by atoms with van der Waals surface area (Å²) in [6, 6.07) is 10.7. The minimum atomic E-state index is 0.0132. The van der Waals surface area contributed by atoms with E-state index >= 15 is 0 Å². The number of nitrogens with one attached hydrogen (secondary N) is 1. The first-order valence-corrected chi connectivity index (χ1v) is 18.0. The molecule has 7 heterocycles. The number of aryl methyl sites for hydroxylation is 2. The predicted octanol–water partition coefficient (Wildman–Crippen LogP) is 7.47. The number of rotatable bonds is 8. The molecule has 48 heavy (non-hydrogen) atoms. The Morgan fingerprint density at radius 3 is 2.81 bits per heavy atom. The Bertz CT molecular complexity index is 2050. The Kier molecular flexibility index (Phi) is 7.42. The lowest BCUT2D eigenvalue weighted by atomic mass is 9.90. The van der Waals surface area contributed by atoms with Crippen LogP contribution in [0.4, 0.5) is 5.82 Å². The first kappa shape index (κ1) is 29.8. The zero-order valence-electron chi connectivity index (χ0n) is 27.3. The number of benzene rings is 1. The lowest BCUT2D eigenvalue weighted by Gasteiger charge is -2.22. The highest BCUT2D eigenvalue weighted by Crippen LogP contribution is 2.51. The number of anilines is 1. The van der Waals surface area contributed by atoms with Crippen LogP contribution >= 0.6 is 11.3 Å². The summed E-state index contributed by atoms with van der Waals surface area (Å²) in [5.74, 6) is 3.31. The van der Waals surface area contributed by atoms with Crippen LogP contribution in [0.5, 0.6) is 5.75 Å². The van der Waals surface area contributed by atoms with E-state index in [0.29, 0.717) is 23.3 Å². The molecule has 4 aliphatic rings. The van der Waals surface area contributed by atoms with Gasteiger partial charge in [-0.3, -0.25) is 9.78 Å². The molecule has 0 bridgehead atoms. The van der Waals surface area contributed by atoms with Crippen molar-refractivity contribution in [3.05, 3.63) is 70.5 Å². The second kappa shape index (κ2) is 12.0. The topological polar surface area (TPSA) is 116 Å². The molecule has 1 unspecified atom stereocenters. The highest BCUT2D eigenvalue weighted by molar-refractivity contribution is 7.23. The number of methoxy groups -OCH3 is 1. The molecule has 2 saturated heterocycles. The van der Waals surface area contributed by atoms with Crippen molar-refractivity contribution in [2.45, 2.75) is 70.4 Å². The number of pyridine rings is 2. The number of hydrogen-bond acceptors (Lipinski definition) is 10. The maximum Gasteiger partial charge on any atom is 0.257 e. The average Bonchev–Trinajstić information content (AvgIpc) is 3.95. The first-order chi connectivity index (χ1) is 23.6. The summed E-state index contributed by atoms with van der Waals surface area (Å²) in [6.07, 6.45) is 9.58. The number of aromatic nitrogens is 4. The minimum absolute atomic E-state index is 0.0132. The Balaban J connectivity index is 1.19. The molecule has 10 nitrogen and oxygen atoms in total. The van der Waals surface area contributed by atoms with E-state index in [-0.39, 0.29) is 18.0 Å². The molecule has 2 atom stereocenters. The van der Waals surface area contributed by atoms with E-state index in [2.05, 4.69) is 39.8 Å². The summed E-state index contributed by atoms with van der Waals surface area (Å²) >= 11 is 1.66. The van der Waals surface area contributed by atoms with Crippen molar-refractivity contribution in [3.8, 4) is 27.6 Å². The molecule has 0 saturated carbocycles. The van der Waals surface area contributed by atoms with Crippen LogP contribution in [0.2, 0.25) is 0 Å². The maximum atomic E-state index is 14.2. The van der Waals surface area contributed by atoms with Gasteiger partial charge >= 0.3 is 0 Å². The maximum absolute atomic E-state index is 14.2. The molecule has 1 aliphatic carbocycles. The molecule has 11 heteroatoms. The summed E-state index contributed by atoms with van der Waals surface area (Å²) in [6.45, 7) is 4.17. The number of hydrogen-bond donors (Lipinski definition) is 1. The van der Waals surface area contributed by atoms with Crippen LogP contribution in [0.15, 0.2) is 40.9 Å². The van der Waals surface area contributed by atoms with Gasteiger partial charge in [-0.25, -0.2) is 4.98 Å². The Morgan fingerprint density at radius 1 is 1.08 bits per heavy atom. The second-order valence-corrected chi connectivity index (χ2v) is 14.5. The lowest BCUT2D eigenvalue weighted by Crippen LogP contribution is -2.22. The van der Waals surface area contributed by atoms with Crippen LogP contribution in [-0.4, -0.2) is 57.8 Å². The molecule has 4 aromatic heterocycles. The highest BCUT2D eigenvalue weighted by Gasteiger charge is 2.45. The SMILES string of the molecule is COc1cccc2c1CCC2Nc1nccc2cc(-c3c4c(nc(CCC5CCOCC5)c3-c3nnc(C)o3)[C@@H]3CCCN3C4=O)sc12. The van der Waals surface area contributed by atoms with Crippen molar-refractivity contribution >= 4 is 33.1 Å². The van der Waals surface area contributed by atoms with Gasteiger partial charge in [-0.2, -0.15) is 0 Å². The van der Waals surface area contributed by atoms with E-state index in [1.807, 2.05) is 17.2 Å². The number of nitrogens with zero attached hydrogens (tertiary/aromatic N) is 5. The van der Waals surface area contributed by atoms with Crippen LogP contribution in [0.1, 0.15) is 89.4 Å². The second-order valence-electron chi connectivity index (χ2n) is 13.4. The molecule has 1 aromatic carbocycles. The van der Waals surface area contributed by atoms with Gasteiger partial charge < -0.3 is 24.1 Å². The van der Waals surface area contributed by atoms with Crippen LogP contribution in [0, 0.1) is 12.8 Å². The molecule has 1 N–H and O–H groups in total. The monoisotopic (exact) mass is 662 g/mol. The van der Waals surface area contributed by atoms with Crippen LogP contribution in [0.25, 0.3) is 32.0 Å². The van der Waals surface area contributed by atoms with Gasteiger partial charge in [-0.1, -0.05) is 12.1 Å². The summed E-state index contributed by atoms with van der Waals surface area (Å²) < 4.78 is 18.5. The van der Waals surface area contributed by atoms with Gasteiger partial charge in [0.1, 0.15) is 11.6 Å². The van der Waals surface area contributed by atoms with Crippen LogP contribution in [-0.2, 0) is 17.6 Å². The lowest BCUT2D eigenvalue weighted by molar-refractivity contribution is 0.0639. The van der Waals surface area contributed by atoms with E-state index in [0.717, 1.165) is 120 Å². The van der Waals surface area contributed by atoms with Crippen molar-refractivity contribution in [2.75, 3.05) is 32.2 Å². The van der Waals surface area contributed by atoms with Gasteiger partial charge in [0.15, 0.2) is 0 Å². The van der Waals surface area contributed by atoms with Crippen molar-refractivity contribution in [1.29, 1.82) is 0 Å². The fourth-order valence-electron chi connectivity index (χ4n) is 8.30. The van der Waals surface area contributed by atoms with Crippen molar-refractivity contribution < 1.29 is 18.7 Å². The van der Waals surface area contributed by atoms with E-state index < -0.39 is 0 Å². The van der Waals surface area contributed by atoms with Crippen molar-refractivity contribution in [2.24, 2.45) is 5.92 Å². The number of fused-ring (bicyclic) bond motifs is 5. The van der Waals surface area contributed by atoms with Gasteiger partial charge in [0.2, 0.25) is 11.8 Å². The predicted molar refractivity (Wildman–Crippen MR) is 183 cm³/mol. The molecule has 5 aromatic rings. The van der Waals surface area contributed by atoms with E-state index in [1.54, 1.807) is 25.4 Å². The minimum Gasteiger partial charge on any atom is -0.496 e. The van der Waals surface area contributed by atoms with Gasteiger partial charge in [0.25, 0.3) is 5.91 Å². The molecule has 0 radical (unpaired) electrons. The third-order valence-corrected chi connectivity index (χ3v) is 11.8. The van der Waals surface area contributed by atoms with Crippen molar-refractivity contribution in [1.82, 2.24) is 25.1 Å². The molecule has 3 aliphatic heterocycles. The zero-order chi connectivity index (χ0) is 32.4. The Morgan fingerprint density at radius 2 is 1.98 bits per heavy atom. The third kappa shape index (κ3) is 4.89. The molecule has 0 spiro atoms. The summed E-state index contributed by atoms with van der Waals surface area (Å²) in [7, 11) is 1.73. The molecular weight excluding hydrogens is 625 g/mol. The van der Waals surface area contributed by atoms with Gasteiger partial charge in [-0.15, -0.1) is 21.5 Å². The number of amides is 1. The van der Waals surface area contributed by atoms with E-state index in [9.17, 15) is 4.79 Å². The van der Waals surface area contributed by atoms with Gasteiger partial charge in [0, 0.05) is 43.3 Å². The van der Waals surface area contributed by atoms with Crippen LogP contribution in [0.3, 0.4) is 0 Å². The Labute approximate surface area is 282 Å².